The zero-order chi connectivity index (χ0) is 31.8. The highest BCUT2D eigenvalue weighted by molar-refractivity contribution is 5.95. The maximum Gasteiger partial charge on any atom is 0.289 e. The maximum absolute atomic E-state index is 14.8. The van der Waals surface area contributed by atoms with Gasteiger partial charge in [-0.25, -0.2) is 4.39 Å². The van der Waals surface area contributed by atoms with Crippen LogP contribution in [0.25, 0.3) is 0 Å². The Hall–Kier alpha value is -4.38. The smallest absolute Gasteiger partial charge is 0.289 e. The Morgan fingerprint density at radius 1 is 1.00 bits per heavy atom. The second-order valence-corrected chi connectivity index (χ2v) is 11.7. The highest BCUT2D eigenvalue weighted by Crippen LogP contribution is 2.34. The van der Waals surface area contributed by atoms with Gasteiger partial charge in [0.05, 0.1) is 13.7 Å². The van der Waals surface area contributed by atoms with Gasteiger partial charge in [0.2, 0.25) is 5.91 Å². The minimum atomic E-state index is -0.530. The Kier molecular flexibility index (Phi) is 10.7. The molecule has 0 saturated carbocycles. The molecule has 0 radical (unpaired) electrons. The van der Waals surface area contributed by atoms with Crippen molar-refractivity contribution >= 4 is 17.7 Å². The summed E-state index contributed by atoms with van der Waals surface area (Å²) in [6.45, 7) is 5.85. The topological polar surface area (TPSA) is 113 Å². The van der Waals surface area contributed by atoms with Gasteiger partial charge in [0.25, 0.3) is 11.8 Å². The van der Waals surface area contributed by atoms with Crippen molar-refractivity contribution in [3.8, 4) is 17.2 Å². The first kappa shape index (κ1) is 32.0. The zero-order valence-electron chi connectivity index (χ0n) is 25.9. The van der Waals surface area contributed by atoms with Crippen molar-refractivity contribution in [3.63, 3.8) is 0 Å². The highest BCUT2D eigenvalue weighted by Gasteiger charge is 2.22. The molecule has 10 nitrogen and oxygen atoms in total. The minimum Gasteiger partial charge on any atom is -0.493 e. The maximum atomic E-state index is 14.8. The fourth-order valence-corrected chi connectivity index (χ4v) is 5.59. The van der Waals surface area contributed by atoms with Crippen molar-refractivity contribution in [2.24, 2.45) is 5.92 Å². The van der Waals surface area contributed by atoms with Crippen molar-refractivity contribution < 1.29 is 32.7 Å². The largest absolute Gasteiger partial charge is 0.493 e. The zero-order valence-corrected chi connectivity index (χ0v) is 25.9. The quantitative estimate of drug-likeness (QED) is 0.416. The number of furan rings is 1. The standard InChI is InChI=1S/C34H41FN4O6/c1-23-13-18-38(19-14-23)22-25-10-12-30(44-25)34(42)39-16-4-8-32(40)37-21-26-27(35)6-3-7-28(26)45-29-11-9-24(20-31(29)43-2)33(41)36-15-5-17-39/h3,6-7,9-12,20,23H,4-5,8,13-19,21-22H2,1-2H3,(H,36,41)(H,37,40). The normalized spacial score (nSPS) is 17.7. The van der Waals surface area contributed by atoms with Crippen LogP contribution in [0.4, 0.5) is 4.39 Å². The van der Waals surface area contributed by atoms with Gasteiger partial charge in [0.15, 0.2) is 17.3 Å². The second kappa shape index (κ2) is 15.1. The van der Waals surface area contributed by atoms with E-state index in [9.17, 15) is 18.8 Å². The van der Waals surface area contributed by atoms with Crippen molar-refractivity contribution in [1.29, 1.82) is 0 Å². The summed E-state index contributed by atoms with van der Waals surface area (Å²) in [5, 5.41) is 5.66. The number of hydrogen-bond donors (Lipinski definition) is 2. The Labute approximate surface area is 262 Å². The third-order valence-corrected chi connectivity index (χ3v) is 8.32. The number of likely N-dealkylation sites (tertiary alicyclic amines) is 1. The number of rotatable bonds is 4. The van der Waals surface area contributed by atoms with E-state index in [0.717, 1.165) is 37.6 Å². The molecule has 2 aromatic carbocycles. The molecule has 3 aromatic rings. The molecule has 45 heavy (non-hydrogen) atoms. The number of methoxy groups -OCH3 is 1. The van der Waals surface area contributed by atoms with Gasteiger partial charge in [-0.1, -0.05) is 13.0 Å². The number of nitrogens with one attached hydrogen (secondary N) is 2. The van der Waals surface area contributed by atoms with E-state index in [0.29, 0.717) is 56.1 Å². The summed E-state index contributed by atoms with van der Waals surface area (Å²) < 4.78 is 32.3. The van der Waals surface area contributed by atoms with Crippen LogP contribution in [-0.2, 0) is 17.9 Å². The molecule has 2 bridgehead atoms. The summed E-state index contributed by atoms with van der Waals surface area (Å²) in [5.74, 6) is 1.16. The monoisotopic (exact) mass is 620 g/mol. The lowest BCUT2D eigenvalue weighted by atomic mass is 9.99. The van der Waals surface area contributed by atoms with Crippen LogP contribution in [0.3, 0.4) is 0 Å². The van der Waals surface area contributed by atoms with Gasteiger partial charge in [-0.2, -0.15) is 0 Å². The predicted octanol–water partition coefficient (Wildman–Crippen LogP) is 5.12. The number of carbonyl (C=O) groups excluding carboxylic acids is 3. The third-order valence-electron chi connectivity index (χ3n) is 8.32. The average Bonchev–Trinajstić information content (AvgIpc) is 3.50. The van der Waals surface area contributed by atoms with E-state index >= 15 is 0 Å². The van der Waals surface area contributed by atoms with Crippen molar-refractivity contribution in [3.05, 3.63) is 77.0 Å². The Morgan fingerprint density at radius 2 is 1.80 bits per heavy atom. The lowest BCUT2D eigenvalue weighted by Crippen LogP contribution is -2.35. The molecule has 2 N–H and O–H groups in total. The molecule has 3 aliphatic rings. The molecule has 3 amide bonds. The first-order chi connectivity index (χ1) is 21.8. The van der Waals surface area contributed by atoms with Gasteiger partial charge >= 0.3 is 0 Å². The van der Waals surface area contributed by atoms with Crippen molar-refractivity contribution in [1.82, 2.24) is 20.4 Å². The van der Waals surface area contributed by atoms with Gasteiger partial charge < -0.3 is 29.4 Å². The van der Waals surface area contributed by atoms with Crippen LogP contribution < -0.4 is 20.1 Å². The van der Waals surface area contributed by atoms with E-state index < -0.39 is 5.82 Å². The highest BCUT2D eigenvalue weighted by atomic mass is 19.1. The van der Waals surface area contributed by atoms with Gasteiger partial charge in [0, 0.05) is 43.7 Å². The van der Waals surface area contributed by atoms with Crippen LogP contribution in [0, 0.1) is 11.7 Å². The van der Waals surface area contributed by atoms with Crippen LogP contribution in [-0.4, -0.2) is 67.4 Å². The van der Waals surface area contributed by atoms with Gasteiger partial charge in [-0.15, -0.1) is 0 Å². The minimum absolute atomic E-state index is 0.0859. The summed E-state index contributed by atoms with van der Waals surface area (Å²) >= 11 is 0. The number of amides is 3. The summed E-state index contributed by atoms with van der Waals surface area (Å²) in [6.07, 6.45) is 3.33. The average molecular weight is 621 g/mol. The number of ether oxygens (including phenoxy) is 2. The van der Waals surface area contributed by atoms with Crippen LogP contribution >= 0.6 is 0 Å². The molecular formula is C34H41FN4O6. The molecule has 11 heteroatoms. The third kappa shape index (κ3) is 8.42. The molecule has 1 fully saturated rings. The molecule has 0 aliphatic carbocycles. The fraction of sp³-hybridized carbons (Fsp3) is 0.441. The van der Waals surface area contributed by atoms with E-state index in [4.69, 9.17) is 13.9 Å². The number of piperidine rings is 1. The summed E-state index contributed by atoms with van der Waals surface area (Å²) in [4.78, 5) is 43.2. The molecule has 1 aromatic heterocycles. The van der Waals surface area contributed by atoms with Crippen molar-refractivity contribution in [2.75, 3.05) is 39.8 Å². The number of carbonyl (C=O) groups is 3. The van der Waals surface area contributed by atoms with E-state index in [1.807, 2.05) is 6.07 Å². The molecule has 0 atom stereocenters. The Morgan fingerprint density at radius 3 is 2.60 bits per heavy atom. The number of fused-ring (bicyclic) bond motifs is 13. The SMILES string of the molecule is COc1cc2ccc1Oc1cccc(F)c1CNC(=O)CCCN(C(=O)c1ccc(CN3CCC(C)CC3)o1)CCCNC2=O. The van der Waals surface area contributed by atoms with E-state index in [1.165, 1.54) is 19.2 Å². The number of benzene rings is 2. The molecule has 1 saturated heterocycles. The molecule has 4 heterocycles. The Balaban J connectivity index is 1.31. The second-order valence-electron chi connectivity index (χ2n) is 11.7. The molecule has 240 valence electrons. The van der Waals surface area contributed by atoms with Crippen LogP contribution in [0.1, 0.15) is 71.3 Å². The van der Waals surface area contributed by atoms with Gasteiger partial charge in [-0.05, 0) is 87.2 Å². The first-order valence-electron chi connectivity index (χ1n) is 15.6. The molecule has 0 unspecified atom stereocenters. The van der Waals surface area contributed by atoms with E-state index in [1.54, 1.807) is 35.2 Å². The summed E-state index contributed by atoms with van der Waals surface area (Å²) in [6, 6.07) is 12.7. The number of hydrogen-bond acceptors (Lipinski definition) is 7. The summed E-state index contributed by atoms with van der Waals surface area (Å²) in [5.41, 5.74) is 0.542. The van der Waals surface area contributed by atoms with E-state index in [-0.39, 0.29) is 47.8 Å². The molecule has 6 rings (SSSR count). The van der Waals surface area contributed by atoms with Crippen molar-refractivity contribution in [2.45, 2.75) is 52.1 Å². The first-order valence-corrected chi connectivity index (χ1v) is 15.6. The van der Waals surface area contributed by atoms with Crippen LogP contribution in [0.2, 0.25) is 0 Å². The number of nitrogens with zero attached hydrogens (tertiary/aromatic N) is 2. The summed E-state index contributed by atoms with van der Waals surface area (Å²) in [7, 11) is 1.45. The van der Waals surface area contributed by atoms with Gasteiger partial charge in [-0.3, -0.25) is 19.3 Å². The molecule has 0 spiro atoms. The predicted molar refractivity (Wildman–Crippen MR) is 166 cm³/mol. The Bertz CT molecular complexity index is 1500. The van der Waals surface area contributed by atoms with Crippen LogP contribution in [0.15, 0.2) is 52.9 Å². The molecule has 3 aliphatic heterocycles. The molecular weight excluding hydrogens is 579 g/mol. The number of halogens is 1. The lowest BCUT2D eigenvalue weighted by molar-refractivity contribution is -0.121. The van der Waals surface area contributed by atoms with E-state index in [2.05, 4.69) is 22.5 Å². The fourth-order valence-electron chi connectivity index (χ4n) is 5.59. The van der Waals surface area contributed by atoms with Gasteiger partial charge in [0.1, 0.15) is 17.3 Å². The van der Waals surface area contributed by atoms with Crippen LogP contribution in [0.5, 0.6) is 17.2 Å². The lowest BCUT2D eigenvalue weighted by Gasteiger charge is -2.29.